The lowest BCUT2D eigenvalue weighted by atomic mass is 9.91. The summed E-state index contributed by atoms with van der Waals surface area (Å²) in [4.78, 5) is 0. The quantitative estimate of drug-likeness (QED) is 0.775. The van der Waals surface area contributed by atoms with Crippen molar-refractivity contribution < 1.29 is 4.42 Å². The molecule has 0 radical (unpaired) electrons. The van der Waals surface area contributed by atoms with Crippen LogP contribution in [0.25, 0.3) is 0 Å². The van der Waals surface area contributed by atoms with Crippen molar-refractivity contribution in [2.45, 2.75) is 46.1 Å². The summed E-state index contributed by atoms with van der Waals surface area (Å²) < 4.78 is 5.48. The van der Waals surface area contributed by atoms with Crippen molar-refractivity contribution in [2.75, 3.05) is 7.05 Å². The fourth-order valence-corrected chi connectivity index (χ4v) is 2.28. The Bertz CT molecular complexity index is 280. The SMILES string of the molecule is CCCC(C)C(NC)c1ccoc1CC. The largest absolute Gasteiger partial charge is 0.469 e. The minimum atomic E-state index is 0.429. The molecule has 0 aliphatic rings. The highest BCUT2D eigenvalue weighted by Gasteiger charge is 2.20. The molecular weight excluding hydrogens is 186 g/mol. The molecule has 0 amide bonds. The molecule has 0 aromatic carbocycles. The first-order chi connectivity index (χ1) is 7.24. The van der Waals surface area contributed by atoms with Crippen molar-refractivity contribution in [3.8, 4) is 0 Å². The Balaban J connectivity index is 2.81. The van der Waals surface area contributed by atoms with E-state index in [1.807, 2.05) is 7.05 Å². The van der Waals surface area contributed by atoms with Gasteiger partial charge in [-0.2, -0.15) is 0 Å². The zero-order valence-corrected chi connectivity index (χ0v) is 10.3. The zero-order valence-electron chi connectivity index (χ0n) is 10.3. The molecule has 0 saturated heterocycles. The Hall–Kier alpha value is -0.760. The van der Waals surface area contributed by atoms with Crippen molar-refractivity contribution in [1.82, 2.24) is 5.32 Å². The molecule has 0 spiro atoms. The van der Waals surface area contributed by atoms with E-state index in [1.54, 1.807) is 6.26 Å². The third-order valence-corrected chi connectivity index (χ3v) is 3.06. The Morgan fingerprint density at radius 3 is 2.67 bits per heavy atom. The highest BCUT2D eigenvalue weighted by atomic mass is 16.3. The van der Waals surface area contributed by atoms with Crippen molar-refractivity contribution in [2.24, 2.45) is 5.92 Å². The second-order valence-corrected chi connectivity index (χ2v) is 4.18. The first-order valence-electron chi connectivity index (χ1n) is 5.98. The van der Waals surface area contributed by atoms with E-state index in [1.165, 1.54) is 18.4 Å². The summed E-state index contributed by atoms with van der Waals surface area (Å²) in [5.74, 6) is 1.78. The molecule has 0 aliphatic heterocycles. The lowest BCUT2D eigenvalue weighted by molar-refractivity contribution is 0.375. The van der Waals surface area contributed by atoms with Gasteiger partial charge in [0.1, 0.15) is 5.76 Å². The van der Waals surface area contributed by atoms with Crippen LogP contribution in [0.5, 0.6) is 0 Å². The average molecular weight is 209 g/mol. The van der Waals surface area contributed by atoms with Crippen LogP contribution in [0, 0.1) is 5.92 Å². The number of aryl methyl sites for hydroxylation is 1. The monoisotopic (exact) mass is 209 g/mol. The van der Waals surface area contributed by atoms with Gasteiger partial charge in [-0.05, 0) is 25.5 Å². The van der Waals surface area contributed by atoms with Gasteiger partial charge in [-0.25, -0.2) is 0 Å². The molecule has 1 rings (SSSR count). The van der Waals surface area contributed by atoms with Gasteiger partial charge in [0.15, 0.2) is 0 Å². The molecule has 0 bridgehead atoms. The molecule has 1 N–H and O–H groups in total. The predicted octanol–water partition coefficient (Wildman–Crippen LogP) is 3.54. The maximum absolute atomic E-state index is 5.48. The fourth-order valence-electron chi connectivity index (χ4n) is 2.28. The normalized spacial score (nSPS) is 15.2. The van der Waals surface area contributed by atoms with E-state index in [-0.39, 0.29) is 0 Å². The van der Waals surface area contributed by atoms with Crippen LogP contribution in [0.2, 0.25) is 0 Å². The van der Waals surface area contributed by atoms with Crippen molar-refractivity contribution >= 4 is 0 Å². The summed E-state index contributed by atoms with van der Waals surface area (Å²) in [6, 6.07) is 2.53. The minimum absolute atomic E-state index is 0.429. The molecule has 0 fully saturated rings. The van der Waals surface area contributed by atoms with Crippen LogP contribution < -0.4 is 5.32 Å². The zero-order chi connectivity index (χ0) is 11.3. The molecule has 86 valence electrons. The van der Waals surface area contributed by atoms with Crippen LogP contribution in [0.15, 0.2) is 16.7 Å². The highest BCUT2D eigenvalue weighted by Crippen LogP contribution is 2.28. The minimum Gasteiger partial charge on any atom is -0.469 e. The van der Waals surface area contributed by atoms with E-state index in [4.69, 9.17) is 4.42 Å². The number of hydrogen-bond donors (Lipinski definition) is 1. The maximum Gasteiger partial charge on any atom is 0.108 e. The fraction of sp³-hybridized carbons (Fsp3) is 0.692. The molecule has 1 aromatic heterocycles. The Labute approximate surface area is 93.1 Å². The summed E-state index contributed by atoms with van der Waals surface area (Å²) in [6.07, 6.45) is 5.26. The third kappa shape index (κ3) is 2.85. The molecule has 0 aliphatic carbocycles. The standard InChI is InChI=1S/C13H23NO/c1-5-7-10(3)13(14-4)11-8-9-15-12(11)6-2/h8-10,13-14H,5-7H2,1-4H3. The first kappa shape index (κ1) is 12.3. The summed E-state index contributed by atoms with van der Waals surface area (Å²) in [6.45, 7) is 6.68. The summed E-state index contributed by atoms with van der Waals surface area (Å²) in [5.41, 5.74) is 1.33. The topological polar surface area (TPSA) is 25.2 Å². The van der Waals surface area contributed by atoms with Gasteiger partial charge in [-0.15, -0.1) is 0 Å². The Morgan fingerprint density at radius 1 is 1.40 bits per heavy atom. The van der Waals surface area contributed by atoms with E-state index in [9.17, 15) is 0 Å². The molecule has 2 unspecified atom stereocenters. The van der Waals surface area contributed by atoms with Crippen molar-refractivity contribution in [3.05, 3.63) is 23.7 Å². The smallest absolute Gasteiger partial charge is 0.108 e. The van der Waals surface area contributed by atoms with Crippen LogP contribution in [0.1, 0.15) is 51.0 Å². The van der Waals surface area contributed by atoms with Gasteiger partial charge < -0.3 is 9.73 Å². The Kier molecular flexibility index (Phi) is 4.89. The molecule has 15 heavy (non-hydrogen) atoms. The molecule has 2 nitrogen and oxygen atoms in total. The first-order valence-corrected chi connectivity index (χ1v) is 5.98. The molecule has 1 aromatic rings. The molecular formula is C13H23NO. The van der Waals surface area contributed by atoms with Gasteiger partial charge >= 0.3 is 0 Å². The second-order valence-electron chi connectivity index (χ2n) is 4.18. The highest BCUT2D eigenvalue weighted by molar-refractivity contribution is 5.22. The van der Waals surface area contributed by atoms with Crippen LogP contribution in [-0.2, 0) is 6.42 Å². The number of furan rings is 1. The average Bonchev–Trinajstić information content (AvgIpc) is 2.67. The van der Waals surface area contributed by atoms with Gasteiger partial charge in [0.25, 0.3) is 0 Å². The molecule has 2 heteroatoms. The van der Waals surface area contributed by atoms with Crippen LogP contribution in [-0.4, -0.2) is 7.05 Å². The van der Waals surface area contributed by atoms with Crippen LogP contribution in [0.4, 0.5) is 0 Å². The van der Waals surface area contributed by atoms with Gasteiger partial charge in [-0.3, -0.25) is 0 Å². The van der Waals surface area contributed by atoms with Gasteiger partial charge in [0.2, 0.25) is 0 Å². The second kappa shape index (κ2) is 5.96. The Morgan fingerprint density at radius 2 is 2.13 bits per heavy atom. The van der Waals surface area contributed by atoms with E-state index in [0.717, 1.165) is 12.2 Å². The lowest BCUT2D eigenvalue weighted by Gasteiger charge is -2.23. The van der Waals surface area contributed by atoms with Crippen LogP contribution in [0.3, 0.4) is 0 Å². The van der Waals surface area contributed by atoms with Crippen molar-refractivity contribution in [3.63, 3.8) is 0 Å². The van der Waals surface area contributed by atoms with E-state index in [2.05, 4.69) is 32.2 Å². The number of nitrogens with one attached hydrogen (secondary N) is 1. The summed E-state index contributed by atoms with van der Waals surface area (Å²) in [5, 5.41) is 3.40. The number of hydrogen-bond acceptors (Lipinski definition) is 2. The van der Waals surface area contributed by atoms with E-state index in [0.29, 0.717) is 12.0 Å². The van der Waals surface area contributed by atoms with Gasteiger partial charge in [-0.1, -0.05) is 27.2 Å². The van der Waals surface area contributed by atoms with Crippen LogP contribution >= 0.6 is 0 Å². The molecule has 2 atom stereocenters. The van der Waals surface area contributed by atoms with Gasteiger partial charge in [0.05, 0.1) is 6.26 Å². The third-order valence-electron chi connectivity index (χ3n) is 3.06. The maximum atomic E-state index is 5.48. The predicted molar refractivity (Wildman–Crippen MR) is 64.0 cm³/mol. The van der Waals surface area contributed by atoms with E-state index < -0.39 is 0 Å². The van der Waals surface area contributed by atoms with Crippen molar-refractivity contribution in [1.29, 1.82) is 0 Å². The molecule has 1 heterocycles. The number of rotatable bonds is 6. The summed E-state index contributed by atoms with van der Waals surface area (Å²) in [7, 11) is 2.03. The molecule has 0 saturated carbocycles. The summed E-state index contributed by atoms with van der Waals surface area (Å²) >= 11 is 0. The lowest BCUT2D eigenvalue weighted by Crippen LogP contribution is -2.23. The van der Waals surface area contributed by atoms with E-state index >= 15 is 0 Å². The van der Waals surface area contributed by atoms with Gasteiger partial charge in [0, 0.05) is 18.0 Å².